The number of rotatable bonds is 7. The molecule has 0 spiro atoms. The summed E-state index contributed by atoms with van der Waals surface area (Å²) in [5.41, 5.74) is 1.03. The summed E-state index contributed by atoms with van der Waals surface area (Å²) in [5, 5.41) is 5.84. The van der Waals surface area contributed by atoms with Crippen LogP contribution in [0, 0.1) is 11.8 Å². The predicted molar refractivity (Wildman–Crippen MR) is 145 cm³/mol. The number of benzene rings is 1. The summed E-state index contributed by atoms with van der Waals surface area (Å²) in [7, 11) is 0. The molecular weight excluding hydrogens is 495 g/mol. The lowest BCUT2D eigenvalue weighted by Gasteiger charge is -2.44. The maximum Gasteiger partial charge on any atom is 0.248 e. The van der Waals surface area contributed by atoms with Crippen LogP contribution in [0.4, 0.5) is 11.5 Å². The van der Waals surface area contributed by atoms with Crippen molar-refractivity contribution in [3.63, 3.8) is 0 Å². The van der Waals surface area contributed by atoms with E-state index < -0.39 is 5.54 Å². The first-order valence-corrected chi connectivity index (χ1v) is 13.8. The van der Waals surface area contributed by atoms with E-state index in [1.54, 1.807) is 12.4 Å². The van der Waals surface area contributed by atoms with Gasteiger partial charge in [0.25, 0.3) is 0 Å². The van der Waals surface area contributed by atoms with Crippen molar-refractivity contribution in [1.29, 1.82) is 0 Å². The van der Waals surface area contributed by atoms with Crippen LogP contribution >= 0.6 is 23.2 Å². The summed E-state index contributed by atoms with van der Waals surface area (Å²) >= 11 is 12.6. The van der Waals surface area contributed by atoms with Crippen LogP contribution in [0.25, 0.3) is 11.0 Å². The third kappa shape index (κ3) is 4.20. The number of halogens is 2. The van der Waals surface area contributed by atoms with Gasteiger partial charge < -0.3 is 20.1 Å². The fraction of sp³-hybridized carbons (Fsp3) is 0.519. The molecule has 0 radical (unpaired) electrons. The zero-order chi connectivity index (χ0) is 24.9. The van der Waals surface area contributed by atoms with E-state index in [2.05, 4.69) is 37.0 Å². The molecule has 2 aliphatic heterocycles. The average molecular weight is 528 g/mol. The maximum absolute atomic E-state index is 14.4. The highest BCUT2D eigenvalue weighted by molar-refractivity contribution is 6.35. The standard InChI is InChI=1S/C27H32Cl2N6O/c1-2-8-27(18-3-4-18,33-21-13-19(28)12-20(29)14-21)26(36)34-10-6-17-7-11-35(23(17)15-34)25-22-5-9-30-24(22)31-16-32-25/h5,9,12-14,16-18,23,33H,2-4,6-8,10-11,15H2,1H3,(H,30,31,32)/t17?,23?,27-/m1/s1. The second-order valence-corrected chi connectivity index (χ2v) is 11.4. The molecule has 190 valence electrons. The van der Waals surface area contributed by atoms with Crippen molar-refractivity contribution in [2.24, 2.45) is 11.8 Å². The lowest BCUT2D eigenvalue weighted by Crippen LogP contribution is -2.60. The number of aromatic nitrogens is 3. The van der Waals surface area contributed by atoms with Gasteiger partial charge in [-0.3, -0.25) is 4.79 Å². The van der Waals surface area contributed by atoms with E-state index >= 15 is 0 Å². The van der Waals surface area contributed by atoms with Crippen LogP contribution < -0.4 is 10.2 Å². The molecule has 1 aliphatic carbocycles. The Labute approximate surface area is 221 Å². The minimum absolute atomic E-state index is 0.211. The third-order valence-electron chi connectivity index (χ3n) is 8.28. The van der Waals surface area contributed by atoms with E-state index in [1.165, 1.54) is 0 Å². The molecule has 3 aromatic rings. The van der Waals surface area contributed by atoms with Crippen LogP contribution in [-0.4, -0.2) is 57.0 Å². The average Bonchev–Trinajstić information content (AvgIpc) is 3.46. The lowest BCUT2D eigenvalue weighted by molar-refractivity contribution is -0.138. The molecule has 9 heteroatoms. The van der Waals surface area contributed by atoms with Gasteiger partial charge in [-0.15, -0.1) is 0 Å². The van der Waals surface area contributed by atoms with E-state index in [0.29, 0.717) is 21.9 Å². The summed E-state index contributed by atoms with van der Waals surface area (Å²) in [6.45, 7) is 4.62. The molecule has 2 unspecified atom stereocenters. The third-order valence-corrected chi connectivity index (χ3v) is 8.72. The molecule has 1 aromatic carbocycles. The number of carbonyl (C=O) groups excluding carboxylic acids is 1. The molecule has 2 aromatic heterocycles. The van der Waals surface area contributed by atoms with Gasteiger partial charge in [-0.05, 0) is 68.2 Å². The Balaban J connectivity index is 1.29. The van der Waals surface area contributed by atoms with E-state index in [4.69, 9.17) is 23.2 Å². The molecule has 36 heavy (non-hydrogen) atoms. The van der Waals surface area contributed by atoms with Crippen molar-refractivity contribution in [2.45, 2.75) is 57.0 Å². The van der Waals surface area contributed by atoms with Gasteiger partial charge >= 0.3 is 0 Å². The van der Waals surface area contributed by atoms with Crippen LogP contribution in [0.1, 0.15) is 45.4 Å². The normalized spacial score (nSPS) is 23.5. The van der Waals surface area contributed by atoms with Gasteiger partial charge in [0.05, 0.1) is 11.4 Å². The monoisotopic (exact) mass is 526 g/mol. The molecule has 3 atom stereocenters. The molecule has 7 nitrogen and oxygen atoms in total. The highest BCUT2D eigenvalue weighted by Gasteiger charge is 2.53. The van der Waals surface area contributed by atoms with Crippen molar-refractivity contribution < 1.29 is 4.79 Å². The molecule has 1 amide bonds. The summed E-state index contributed by atoms with van der Waals surface area (Å²) < 4.78 is 0. The summed E-state index contributed by atoms with van der Waals surface area (Å²) in [4.78, 5) is 31.2. The van der Waals surface area contributed by atoms with E-state index in [1.807, 2.05) is 24.4 Å². The molecule has 3 fully saturated rings. The Morgan fingerprint density at radius 1 is 1.14 bits per heavy atom. The van der Waals surface area contributed by atoms with E-state index in [0.717, 1.165) is 80.7 Å². The summed E-state index contributed by atoms with van der Waals surface area (Å²) in [6.07, 6.45) is 9.51. The first kappa shape index (κ1) is 23.9. The number of H-pyrrole nitrogens is 1. The fourth-order valence-electron chi connectivity index (χ4n) is 6.52. The Hall–Kier alpha value is -2.51. The maximum atomic E-state index is 14.4. The van der Waals surface area contributed by atoms with Gasteiger partial charge in [-0.25, -0.2) is 9.97 Å². The van der Waals surface area contributed by atoms with Crippen molar-refractivity contribution in [2.75, 3.05) is 29.9 Å². The number of nitrogens with zero attached hydrogens (tertiary/aromatic N) is 4. The number of amides is 1. The zero-order valence-electron chi connectivity index (χ0n) is 20.5. The van der Waals surface area contributed by atoms with Gasteiger partial charge in [0.1, 0.15) is 23.3 Å². The van der Waals surface area contributed by atoms with Gasteiger partial charge in [0.2, 0.25) is 5.91 Å². The Morgan fingerprint density at radius 2 is 1.92 bits per heavy atom. The Morgan fingerprint density at radius 3 is 2.67 bits per heavy atom. The number of nitrogens with one attached hydrogen (secondary N) is 2. The fourth-order valence-corrected chi connectivity index (χ4v) is 7.04. The first-order chi connectivity index (χ1) is 17.5. The molecule has 2 N–H and O–H groups in total. The molecular formula is C27H32Cl2N6O. The molecule has 0 bridgehead atoms. The lowest BCUT2D eigenvalue weighted by atomic mass is 9.84. The quantitative estimate of drug-likeness (QED) is 0.409. The molecule has 6 rings (SSSR count). The van der Waals surface area contributed by atoms with Crippen LogP contribution in [0.2, 0.25) is 10.0 Å². The Kier molecular flexibility index (Phi) is 6.24. The van der Waals surface area contributed by atoms with E-state index in [9.17, 15) is 4.79 Å². The SMILES string of the molecule is CCC[C@](Nc1cc(Cl)cc(Cl)c1)(C(=O)N1CCC2CCN(c3ncnc4[nH]ccc34)C2C1)C1CC1. The number of piperidine rings is 1. The topological polar surface area (TPSA) is 77.2 Å². The van der Waals surface area contributed by atoms with Crippen molar-refractivity contribution >= 4 is 51.6 Å². The molecule has 4 heterocycles. The highest BCUT2D eigenvalue weighted by Crippen LogP contribution is 2.47. The second-order valence-electron chi connectivity index (χ2n) is 10.6. The number of carbonyl (C=O) groups is 1. The number of anilines is 2. The minimum Gasteiger partial charge on any atom is -0.371 e. The van der Waals surface area contributed by atoms with Crippen molar-refractivity contribution in [3.05, 3.63) is 46.8 Å². The number of likely N-dealkylation sites (tertiary alicyclic amines) is 1. The molecule has 1 saturated carbocycles. The van der Waals surface area contributed by atoms with Gasteiger partial charge in [-0.1, -0.05) is 36.5 Å². The van der Waals surface area contributed by atoms with Crippen LogP contribution in [0.15, 0.2) is 36.8 Å². The molecule has 3 aliphatic rings. The van der Waals surface area contributed by atoms with Crippen LogP contribution in [-0.2, 0) is 4.79 Å². The summed E-state index contributed by atoms with van der Waals surface area (Å²) in [5.74, 6) is 2.07. The van der Waals surface area contributed by atoms with Crippen molar-refractivity contribution in [3.8, 4) is 0 Å². The van der Waals surface area contributed by atoms with Crippen molar-refractivity contribution in [1.82, 2.24) is 19.9 Å². The number of fused-ring (bicyclic) bond motifs is 2. The minimum atomic E-state index is -0.637. The van der Waals surface area contributed by atoms with Gasteiger partial charge in [0.15, 0.2) is 0 Å². The van der Waals surface area contributed by atoms with Crippen LogP contribution in [0.3, 0.4) is 0 Å². The first-order valence-electron chi connectivity index (χ1n) is 13.1. The van der Waals surface area contributed by atoms with Gasteiger partial charge in [0, 0.05) is 41.6 Å². The van der Waals surface area contributed by atoms with Crippen LogP contribution in [0.5, 0.6) is 0 Å². The largest absolute Gasteiger partial charge is 0.371 e. The summed E-state index contributed by atoms with van der Waals surface area (Å²) in [6, 6.07) is 7.77. The number of hydrogen-bond donors (Lipinski definition) is 2. The smallest absolute Gasteiger partial charge is 0.248 e. The molecule has 2 saturated heterocycles. The zero-order valence-corrected chi connectivity index (χ0v) is 22.0. The highest BCUT2D eigenvalue weighted by atomic mass is 35.5. The van der Waals surface area contributed by atoms with Gasteiger partial charge in [-0.2, -0.15) is 0 Å². The second kappa shape index (κ2) is 9.42. The Bertz CT molecular complexity index is 1260. The predicted octanol–water partition coefficient (Wildman–Crippen LogP) is 5.75. The number of aromatic amines is 1. The van der Waals surface area contributed by atoms with E-state index in [-0.39, 0.29) is 11.9 Å². The number of hydrogen-bond acceptors (Lipinski definition) is 5.